The Labute approximate surface area is 149 Å². The molecule has 0 bridgehead atoms. The summed E-state index contributed by atoms with van der Waals surface area (Å²) >= 11 is 0. The number of fused-ring (bicyclic) bond motifs is 2. The fourth-order valence-corrected chi connectivity index (χ4v) is 3.18. The smallest absolute Gasteiger partial charge is 0.155 e. The number of benzene rings is 2. The topological polar surface area (TPSA) is 70.2 Å². The first-order chi connectivity index (χ1) is 12.9. The molecule has 3 aromatic heterocycles. The van der Waals surface area contributed by atoms with E-state index < -0.39 is 0 Å². The van der Waals surface area contributed by atoms with E-state index in [2.05, 4.69) is 61.8 Å². The summed E-state index contributed by atoms with van der Waals surface area (Å²) in [6.07, 6.45) is 7.71. The van der Waals surface area contributed by atoms with E-state index in [1.165, 1.54) is 0 Å². The van der Waals surface area contributed by atoms with Crippen LogP contribution in [0, 0.1) is 0 Å². The monoisotopic (exact) mass is 337 g/mol. The maximum absolute atomic E-state index is 4.45. The van der Waals surface area contributed by atoms with Crippen molar-refractivity contribution in [1.82, 2.24) is 25.4 Å². The minimum Gasteiger partial charge on any atom is -0.277 e. The molecule has 3 heterocycles. The number of rotatable bonds is 3. The second kappa shape index (κ2) is 5.97. The molecule has 0 unspecified atom stereocenters. The predicted molar refractivity (Wildman–Crippen MR) is 104 cm³/mol. The van der Waals surface area contributed by atoms with E-state index in [4.69, 9.17) is 0 Å². The van der Waals surface area contributed by atoms with Crippen molar-refractivity contribution in [2.75, 3.05) is 0 Å². The first kappa shape index (κ1) is 14.6. The molecule has 0 fully saturated rings. The van der Waals surface area contributed by atoms with Gasteiger partial charge in [-0.1, -0.05) is 42.5 Å². The van der Waals surface area contributed by atoms with Gasteiger partial charge in [-0.25, -0.2) is 4.98 Å². The van der Waals surface area contributed by atoms with Crippen LogP contribution in [0.4, 0.5) is 0 Å². The van der Waals surface area contributed by atoms with Crippen molar-refractivity contribution in [3.8, 4) is 11.1 Å². The Morgan fingerprint density at radius 2 is 1.77 bits per heavy atom. The van der Waals surface area contributed by atoms with Crippen LogP contribution in [-0.2, 0) is 0 Å². The highest BCUT2D eigenvalue weighted by molar-refractivity contribution is 5.97. The number of hydrogen-bond donors (Lipinski definition) is 2. The zero-order valence-electron chi connectivity index (χ0n) is 13.8. The third-order valence-corrected chi connectivity index (χ3v) is 4.49. The second-order valence-electron chi connectivity index (χ2n) is 6.10. The van der Waals surface area contributed by atoms with Crippen LogP contribution < -0.4 is 0 Å². The minimum absolute atomic E-state index is 0.790. The first-order valence-electron chi connectivity index (χ1n) is 8.38. The maximum atomic E-state index is 4.45. The lowest BCUT2D eigenvalue weighted by Gasteiger charge is -2.03. The molecule has 2 N–H and O–H groups in total. The number of pyridine rings is 1. The van der Waals surface area contributed by atoms with Crippen molar-refractivity contribution in [2.24, 2.45) is 0 Å². The van der Waals surface area contributed by atoms with Gasteiger partial charge < -0.3 is 0 Å². The van der Waals surface area contributed by atoms with Crippen molar-refractivity contribution in [3.05, 3.63) is 78.2 Å². The normalized spacial score (nSPS) is 11.7. The molecule has 124 valence electrons. The Morgan fingerprint density at radius 3 is 2.69 bits per heavy atom. The van der Waals surface area contributed by atoms with Gasteiger partial charge in [-0.05, 0) is 41.0 Å². The van der Waals surface area contributed by atoms with Gasteiger partial charge in [0.1, 0.15) is 0 Å². The first-order valence-corrected chi connectivity index (χ1v) is 8.38. The molecular weight excluding hydrogens is 322 g/mol. The Balaban J connectivity index is 1.56. The fraction of sp³-hybridized carbons (Fsp3) is 0. The molecule has 0 amide bonds. The number of H-pyrrole nitrogens is 2. The summed E-state index contributed by atoms with van der Waals surface area (Å²) in [5.41, 5.74) is 6.08. The van der Waals surface area contributed by atoms with Crippen molar-refractivity contribution in [1.29, 1.82) is 0 Å². The summed E-state index contributed by atoms with van der Waals surface area (Å²) in [4.78, 5) is 4.30. The molecule has 5 rings (SSSR count). The van der Waals surface area contributed by atoms with E-state index >= 15 is 0 Å². The number of nitrogens with zero attached hydrogens (tertiary/aromatic N) is 3. The Morgan fingerprint density at radius 1 is 0.846 bits per heavy atom. The van der Waals surface area contributed by atoms with Gasteiger partial charge in [-0.3, -0.25) is 10.2 Å². The summed E-state index contributed by atoms with van der Waals surface area (Å²) in [6.45, 7) is 0. The van der Waals surface area contributed by atoms with Crippen LogP contribution in [0.2, 0.25) is 0 Å². The number of hydrogen-bond acceptors (Lipinski definition) is 3. The third kappa shape index (κ3) is 2.46. The maximum Gasteiger partial charge on any atom is 0.155 e. The molecule has 26 heavy (non-hydrogen) atoms. The van der Waals surface area contributed by atoms with Gasteiger partial charge in [0.05, 0.1) is 17.4 Å². The van der Waals surface area contributed by atoms with Gasteiger partial charge in [0.15, 0.2) is 5.65 Å². The summed E-state index contributed by atoms with van der Waals surface area (Å²) in [6, 6.07) is 18.5. The van der Waals surface area contributed by atoms with E-state index in [0.717, 1.165) is 44.3 Å². The average molecular weight is 337 g/mol. The van der Waals surface area contributed by atoms with E-state index in [0.29, 0.717) is 0 Å². The molecular formula is C21H15N5. The standard InChI is InChI=1S/C21H15N5/c1-2-4-14(5-3-1)6-9-19-17-8-7-15(12-20(17)25-24-19)16-10-11-22-21-18(16)13-23-26-21/h1-13H,(H,24,25)(H,22,23,26). The van der Waals surface area contributed by atoms with Crippen molar-refractivity contribution in [3.63, 3.8) is 0 Å². The third-order valence-electron chi connectivity index (χ3n) is 4.49. The highest BCUT2D eigenvalue weighted by atomic mass is 15.1. The molecule has 0 atom stereocenters. The summed E-state index contributed by atoms with van der Waals surface area (Å²) < 4.78 is 0. The van der Waals surface area contributed by atoms with E-state index in [1.807, 2.05) is 36.5 Å². The average Bonchev–Trinajstić information content (AvgIpc) is 3.33. The Bertz CT molecular complexity index is 1230. The molecule has 0 aliphatic rings. The Hall–Kier alpha value is -3.73. The summed E-state index contributed by atoms with van der Waals surface area (Å²) in [7, 11) is 0. The van der Waals surface area contributed by atoms with Gasteiger partial charge in [0.2, 0.25) is 0 Å². The van der Waals surface area contributed by atoms with Crippen molar-refractivity contribution >= 4 is 34.1 Å². The SMILES string of the molecule is C(=Cc1n[nH]c2cc(-c3ccnc4[nH]ncc34)ccc12)c1ccccc1. The van der Waals surface area contributed by atoms with Crippen LogP contribution in [0.5, 0.6) is 0 Å². The minimum atomic E-state index is 0.790. The van der Waals surface area contributed by atoms with Crippen molar-refractivity contribution < 1.29 is 0 Å². The van der Waals surface area contributed by atoms with Gasteiger partial charge in [0, 0.05) is 17.0 Å². The molecule has 0 saturated heterocycles. The van der Waals surface area contributed by atoms with E-state index in [-0.39, 0.29) is 0 Å². The lowest BCUT2D eigenvalue weighted by molar-refractivity contribution is 1.10. The van der Waals surface area contributed by atoms with Gasteiger partial charge in [-0.2, -0.15) is 10.2 Å². The molecule has 2 aromatic carbocycles. The zero-order valence-corrected chi connectivity index (χ0v) is 13.8. The second-order valence-corrected chi connectivity index (χ2v) is 6.10. The molecule has 5 aromatic rings. The van der Waals surface area contributed by atoms with Crippen LogP contribution in [0.15, 0.2) is 67.0 Å². The zero-order chi connectivity index (χ0) is 17.3. The highest BCUT2D eigenvalue weighted by Crippen LogP contribution is 2.29. The fourth-order valence-electron chi connectivity index (χ4n) is 3.18. The molecule has 0 radical (unpaired) electrons. The van der Waals surface area contributed by atoms with Crippen molar-refractivity contribution in [2.45, 2.75) is 0 Å². The lowest BCUT2D eigenvalue weighted by Crippen LogP contribution is -1.82. The van der Waals surface area contributed by atoms with Crippen LogP contribution in [0.1, 0.15) is 11.3 Å². The molecule has 5 heteroatoms. The van der Waals surface area contributed by atoms with Crippen LogP contribution in [0.25, 0.3) is 45.2 Å². The van der Waals surface area contributed by atoms with Gasteiger partial charge >= 0.3 is 0 Å². The molecule has 0 spiro atoms. The number of aromatic amines is 2. The molecule has 0 aliphatic carbocycles. The lowest BCUT2D eigenvalue weighted by atomic mass is 10.0. The molecule has 0 aliphatic heterocycles. The largest absolute Gasteiger partial charge is 0.277 e. The number of aromatic nitrogens is 5. The van der Waals surface area contributed by atoms with Crippen LogP contribution in [-0.4, -0.2) is 25.4 Å². The van der Waals surface area contributed by atoms with Crippen LogP contribution in [0.3, 0.4) is 0 Å². The van der Waals surface area contributed by atoms with E-state index in [1.54, 1.807) is 6.20 Å². The summed E-state index contributed by atoms with van der Waals surface area (Å²) in [5.74, 6) is 0. The quantitative estimate of drug-likeness (QED) is 0.502. The summed E-state index contributed by atoms with van der Waals surface area (Å²) in [5, 5.41) is 16.7. The van der Waals surface area contributed by atoms with E-state index in [9.17, 15) is 0 Å². The van der Waals surface area contributed by atoms with Gasteiger partial charge in [0.25, 0.3) is 0 Å². The van der Waals surface area contributed by atoms with Crippen LogP contribution >= 0.6 is 0 Å². The number of nitrogens with one attached hydrogen (secondary N) is 2. The van der Waals surface area contributed by atoms with Gasteiger partial charge in [-0.15, -0.1) is 0 Å². The highest BCUT2D eigenvalue weighted by Gasteiger charge is 2.09. The molecule has 0 saturated carbocycles. The molecule has 5 nitrogen and oxygen atoms in total. The Kier molecular flexibility index (Phi) is 3.35. The predicted octanol–water partition coefficient (Wildman–Crippen LogP) is 4.67.